The smallest absolute Gasteiger partial charge is 0.276 e. The van der Waals surface area contributed by atoms with Gasteiger partial charge in [-0.25, -0.2) is 0 Å². The standard InChI is InChI=1S/C17H24N8O/c1-6-25-11(5)15(10(4)24-25)12-8-13(21-20-12)16(26)19-17-18-14(22-23-17)7-9(2)3/h8-9H,6-7H2,1-5H3,(H,20,21)(H2,18,19,22,23,26). The molecule has 0 spiro atoms. The van der Waals surface area contributed by atoms with Crippen LogP contribution in [-0.2, 0) is 13.0 Å². The molecular weight excluding hydrogens is 332 g/mol. The van der Waals surface area contributed by atoms with Gasteiger partial charge in [0.05, 0.1) is 11.4 Å². The summed E-state index contributed by atoms with van der Waals surface area (Å²) in [5.74, 6) is 1.13. The number of nitrogens with one attached hydrogen (secondary N) is 3. The fraction of sp³-hybridized carbons (Fsp3) is 0.471. The number of anilines is 1. The maximum Gasteiger partial charge on any atom is 0.276 e. The van der Waals surface area contributed by atoms with Crippen LogP contribution in [0.3, 0.4) is 0 Å². The van der Waals surface area contributed by atoms with Crippen molar-refractivity contribution in [3.05, 3.63) is 29.0 Å². The summed E-state index contributed by atoms with van der Waals surface area (Å²) in [4.78, 5) is 16.7. The van der Waals surface area contributed by atoms with Crippen LogP contribution in [0.2, 0.25) is 0 Å². The quantitative estimate of drug-likeness (QED) is 0.627. The molecule has 0 aliphatic carbocycles. The first-order valence-corrected chi connectivity index (χ1v) is 8.71. The molecule has 0 fully saturated rings. The van der Waals surface area contributed by atoms with Gasteiger partial charge in [0.15, 0.2) is 0 Å². The molecule has 138 valence electrons. The number of H-pyrrole nitrogens is 2. The number of amides is 1. The molecule has 3 rings (SSSR count). The predicted molar refractivity (Wildman–Crippen MR) is 97.8 cm³/mol. The second-order valence-corrected chi connectivity index (χ2v) is 6.69. The summed E-state index contributed by atoms with van der Waals surface area (Å²) in [6.45, 7) is 10.9. The molecule has 3 aromatic heterocycles. The number of rotatable bonds is 6. The second-order valence-electron chi connectivity index (χ2n) is 6.69. The maximum absolute atomic E-state index is 12.4. The van der Waals surface area contributed by atoms with Gasteiger partial charge in [-0.2, -0.15) is 15.2 Å². The lowest BCUT2D eigenvalue weighted by Gasteiger charge is -1.99. The second kappa shape index (κ2) is 7.11. The number of aryl methyl sites for hydroxylation is 2. The summed E-state index contributed by atoms with van der Waals surface area (Å²) < 4.78 is 1.92. The Morgan fingerprint density at radius 1 is 1.27 bits per heavy atom. The van der Waals surface area contributed by atoms with Crippen LogP contribution in [0.25, 0.3) is 11.3 Å². The number of nitrogens with zero attached hydrogens (tertiary/aromatic N) is 5. The van der Waals surface area contributed by atoms with Gasteiger partial charge in [0.1, 0.15) is 11.5 Å². The van der Waals surface area contributed by atoms with E-state index in [1.807, 2.05) is 25.5 Å². The van der Waals surface area contributed by atoms with E-state index < -0.39 is 0 Å². The van der Waals surface area contributed by atoms with Crippen LogP contribution in [0.1, 0.15) is 48.5 Å². The van der Waals surface area contributed by atoms with Crippen molar-refractivity contribution >= 4 is 11.9 Å². The van der Waals surface area contributed by atoms with E-state index in [9.17, 15) is 4.79 Å². The van der Waals surface area contributed by atoms with Crippen LogP contribution in [-0.4, -0.2) is 41.1 Å². The molecular formula is C17H24N8O. The summed E-state index contributed by atoms with van der Waals surface area (Å²) >= 11 is 0. The maximum atomic E-state index is 12.4. The summed E-state index contributed by atoms with van der Waals surface area (Å²) in [6.07, 6.45) is 0.775. The van der Waals surface area contributed by atoms with Crippen molar-refractivity contribution in [3.8, 4) is 11.3 Å². The van der Waals surface area contributed by atoms with Crippen molar-refractivity contribution in [2.24, 2.45) is 5.92 Å². The Labute approximate surface area is 151 Å². The molecule has 1 amide bonds. The van der Waals surface area contributed by atoms with Gasteiger partial charge in [-0.15, -0.1) is 5.10 Å². The predicted octanol–water partition coefficient (Wildman–Crippen LogP) is 2.48. The number of carbonyl (C=O) groups excluding carboxylic acids is 1. The largest absolute Gasteiger partial charge is 0.288 e. The van der Waals surface area contributed by atoms with E-state index in [4.69, 9.17) is 0 Å². The number of hydrogen-bond donors (Lipinski definition) is 3. The lowest BCUT2D eigenvalue weighted by atomic mass is 10.1. The Kier molecular flexibility index (Phi) is 4.88. The Morgan fingerprint density at radius 2 is 2.04 bits per heavy atom. The molecule has 3 heterocycles. The zero-order valence-corrected chi connectivity index (χ0v) is 15.7. The zero-order chi connectivity index (χ0) is 18.8. The highest BCUT2D eigenvalue weighted by Crippen LogP contribution is 2.25. The third-order valence-electron chi connectivity index (χ3n) is 4.12. The van der Waals surface area contributed by atoms with E-state index in [-0.39, 0.29) is 11.9 Å². The van der Waals surface area contributed by atoms with Gasteiger partial charge in [-0.3, -0.25) is 25.0 Å². The molecule has 9 heteroatoms. The molecule has 0 radical (unpaired) electrons. The monoisotopic (exact) mass is 356 g/mol. The van der Waals surface area contributed by atoms with Gasteiger partial charge < -0.3 is 0 Å². The lowest BCUT2D eigenvalue weighted by molar-refractivity contribution is 0.102. The normalized spacial score (nSPS) is 11.3. The fourth-order valence-corrected chi connectivity index (χ4v) is 2.94. The number of hydrogen-bond acceptors (Lipinski definition) is 5. The molecule has 26 heavy (non-hydrogen) atoms. The van der Waals surface area contributed by atoms with Crippen LogP contribution in [0.4, 0.5) is 5.95 Å². The van der Waals surface area contributed by atoms with Crippen molar-refractivity contribution in [2.45, 2.75) is 47.6 Å². The van der Waals surface area contributed by atoms with E-state index in [1.165, 1.54) is 0 Å². The third-order valence-corrected chi connectivity index (χ3v) is 4.12. The Morgan fingerprint density at radius 3 is 2.69 bits per heavy atom. The van der Waals surface area contributed by atoms with Crippen LogP contribution in [0.5, 0.6) is 0 Å². The van der Waals surface area contributed by atoms with Crippen molar-refractivity contribution in [3.63, 3.8) is 0 Å². The first kappa shape index (κ1) is 17.8. The highest BCUT2D eigenvalue weighted by molar-refractivity contribution is 6.02. The average molecular weight is 356 g/mol. The topological polar surface area (TPSA) is 117 Å². The minimum Gasteiger partial charge on any atom is -0.288 e. The van der Waals surface area contributed by atoms with Crippen LogP contribution >= 0.6 is 0 Å². The van der Waals surface area contributed by atoms with Crippen LogP contribution in [0.15, 0.2) is 6.07 Å². The molecule has 0 saturated carbocycles. The van der Waals surface area contributed by atoms with Gasteiger partial charge in [0.2, 0.25) is 5.95 Å². The fourth-order valence-electron chi connectivity index (χ4n) is 2.94. The zero-order valence-electron chi connectivity index (χ0n) is 15.7. The summed E-state index contributed by atoms with van der Waals surface area (Å²) in [7, 11) is 0. The molecule has 9 nitrogen and oxygen atoms in total. The Hall–Kier alpha value is -2.97. The summed E-state index contributed by atoms with van der Waals surface area (Å²) in [5.41, 5.74) is 3.89. The van der Waals surface area contributed by atoms with Gasteiger partial charge in [0, 0.05) is 24.2 Å². The van der Waals surface area contributed by atoms with Gasteiger partial charge in [0.25, 0.3) is 5.91 Å². The summed E-state index contributed by atoms with van der Waals surface area (Å²) in [5, 5.41) is 21.1. The molecule has 0 atom stereocenters. The van der Waals surface area contributed by atoms with Crippen LogP contribution in [0, 0.1) is 19.8 Å². The SMILES string of the molecule is CCn1nc(C)c(-c2cc(C(=O)Nc3n[nH]c(CC(C)C)n3)[nH]n2)c1C. The van der Waals surface area contributed by atoms with Crippen LogP contribution < -0.4 is 5.32 Å². The molecule has 0 aromatic carbocycles. The molecule has 0 bridgehead atoms. The van der Waals surface area contributed by atoms with Crippen molar-refractivity contribution in [2.75, 3.05) is 5.32 Å². The van der Waals surface area contributed by atoms with E-state index >= 15 is 0 Å². The first-order chi connectivity index (χ1) is 12.4. The average Bonchev–Trinajstić information content (AvgIpc) is 3.27. The third kappa shape index (κ3) is 3.51. The van der Waals surface area contributed by atoms with E-state index in [0.717, 1.165) is 35.7 Å². The highest BCUT2D eigenvalue weighted by Gasteiger charge is 2.18. The number of aromatic amines is 2. The van der Waals surface area contributed by atoms with E-state index in [1.54, 1.807) is 6.07 Å². The minimum absolute atomic E-state index is 0.257. The molecule has 0 saturated heterocycles. The number of aromatic nitrogens is 7. The van der Waals surface area contributed by atoms with Crippen molar-refractivity contribution in [1.82, 2.24) is 35.2 Å². The Balaban J connectivity index is 1.76. The van der Waals surface area contributed by atoms with Crippen molar-refractivity contribution < 1.29 is 4.79 Å². The highest BCUT2D eigenvalue weighted by atomic mass is 16.2. The molecule has 3 aromatic rings. The van der Waals surface area contributed by atoms with E-state index in [2.05, 4.69) is 49.6 Å². The van der Waals surface area contributed by atoms with Gasteiger partial charge in [-0.05, 0) is 32.8 Å². The molecule has 0 aliphatic heterocycles. The molecule has 0 unspecified atom stereocenters. The lowest BCUT2D eigenvalue weighted by Crippen LogP contribution is -2.13. The Bertz CT molecular complexity index is 917. The van der Waals surface area contributed by atoms with E-state index in [0.29, 0.717) is 17.3 Å². The first-order valence-electron chi connectivity index (χ1n) is 8.71. The minimum atomic E-state index is -0.336. The van der Waals surface area contributed by atoms with Crippen molar-refractivity contribution in [1.29, 1.82) is 0 Å². The number of carbonyl (C=O) groups is 1. The molecule has 3 N–H and O–H groups in total. The van der Waals surface area contributed by atoms with Gasteiger partial charge in [-0.1, -0.05) is 13.8 Å². The summed E-state index contributed by atoms with van der Waals surface area (Å²) in [6, 6.07) is 1.72. The molecule has 0 aliphatic rings. The van der Waals surface area contributed by atoms with Gasteiger partial charge >= 0.3 is 0 Å².